The van der Waals surface area contributed by atoms with Crippen molar-refractivity contribution in [1.29, 1.82) is 0 Å². The Kier molecular flexibility index (Phi) is 15.8. The third-order valence-electron chi connectivity index (χ3n) is 6.62. The summed E-state index contributed by atoms with van der Waals surface area (Å²) in [6, 6.07) is 9.26. The zero-order valence-electron chi connectivity index (χ0n) is 23.7. The molecule has 1 amide bonds. The van der Waals surface area contributed by atoms with Gasteiger partial charge >= 0.3 is 0 Å². The Hall–Kier alpha value is -3.66. The molecule has 0 radical (unpaired) electrons. The van der Waals surface area contributed by atoms with Gasteiger partial charge in [-0.3, -0.25) is 4.79 Å². The van der Waals surface area contributed by atoms with E-state index >= 15 is 0 Å². The predicted molar refractivity (Wildman–Crippen MR) is 180 cm³/mol. The van der Waals surface area contributed by atoms with Gasteiger partial charge in [0.1, 0.15) is 11.5 Å². The van der Waals surface area contributed by atoms with Gasteiger partial charge in [-0.2, -0.15) is 15.0 Å². The monoisotopic (exact) mass is 635 g/mol. The number of halogens is 2. The molecule has 0 saturated carbocycles. The fraction of sp³-hybridized carbons (Fsp3) is 0.385. The molecule has 1 aromatic heterocycles. The van der Waals surface area contributed by atoms with Crippen molar-refractivity contribution in [1.82, 2.24) is 39.6 Å². The molecule has 2 aliphatic rings. The maximum Gasteiger partial charge on any atom is 0.259 e. The smallest absolute Gasteiger partial charge is 0.259 e. The summed E-state index contributed by atoms with van der Waals surface area (Å²) >= 11 is 5.90. The number of para-hydroxylation sites is 1. The van der Waals surface area contributed by atoms with Crippen LogP contribution in [0.4, 0.5) is 29.2 Å². The third-order valence-corrected chi connectivity index (χ3v) is 6.93. The van der Waals surface area contributed by atoms with Gasteiger partial charge in [0.25, 0.3) is 5.91 Å². The molecule has 42 heavy (non-hydrogen) atoms. The van der Waals surface area contributed by atoms with Crippen LogP contribution >= 0.6 is 24.0 Å². The maximum absolute atomic E-state index is 12.6. The van der Waals surface area contributed by atoms with Crippen molar-refractivity contribution >= 4 is 59.1 Å². The van der Waals surface area contributed by atoms with Crippen LogP contribution in [0.1, 0.15) is 54.6 Å². The van der Waals surface area contributed by atoms with Gasteiger partial charge in [-0.25, -0.2) is 0 Å². The average Bonchev–Trinajstić information content (AvgIpc) is 2.92. The molecule has 16 N–H and O–H groups in total. The number of aromatic hydroxyl groups is 2. The molecule has 2 aliphatic heterocycles. The molecule has 5 rings (SSSR count). The summed E-state index contributed by atoms with van der Waals surface area (Å²) in [6.45, 7) is 3.67. The minimum atomic E-state index is -0.592. The van der Waals surface area contributed by atoms with Crippen LogP contribution < -0.4 is 45.0 Å². The molecule has 2 fully saturated rings. The molecular weight excluding hydrogens is 585 g/mol. The lowest BCUT2D eigenvalue weighted by Gasteiger charge is -2.30. The third kappa shape index (κ3) is 8.92. The summed E-state index contributed by atoms with van der Waals surface area (Å²) in [5.74, 6) is 0.658. The van der Waals surface area contributed by atoms with Crippen LogP contribution in [0.25, 0.3) is 0 Å². The summed E-state index contributed by atoms with van der Waals surface area (Å²) in [4.78, 5) is 31.1. The summed E-state index contributed by atoms with van der Waals surface area (Å²) in [5.41, 5.74) is 0.754. The standard InChI is InChI=1S/C26H30ClN7O3.ClH.4H3N.4H2/c27-19-9-7-8-18(22(19)36)23(37)29-20-11-10-17(16-21(20)35)28-24-30-25(33-12-3-1-4-13-33)32-26(31-24)34-14-5-2-6-15-34;;;;;;;;;/h7-11,16,35-36H,1-6,12-15H2,(H,29,37)(H,28,30,31,32);1H;4*1H3;4*1H. The highest BCUT2D eigenvalue weighted by Crippen LogP contribution is 2.32. The van der Waals surface area contributed by atoms with Crippen molar-refractivity contribution in [3.05, 3.63) is 47.0 Å². The summed E-state index contributed by atoms with van der Waals surface area (Å²) in [6.07, 6.45) is 6.88. The second kappa shape index (κ2) is 17.3. The Morgan fingerprint density at radius 1 is 0.810 bits per heavy atom. The molecule has 0 aliphatic carbocycles. The first kappa shape index (κ1) is 38.3. The minimum Gasteiger partial charge on any atom is -0.506 e. The first-order valence-corrected chi connectivity index (χ1v) is 13.0. The number of benzene rings is 2. The van der Waals surface area contributed by atoms with Gasteiger partial charge in [-0.05, 0) is 62.8 Å². The number of anilines is 5. The number of amides is 1. The van der Waals surface area contributed by atoms with Crippen molar-refractivity contribution in [3.8, 4) is 11.5 Å². The maximum atomic E-state index is 12.6. The van der Waals surface area contributed by atoms with Crippen molar-refractivity contribution < 1.29 is 20.7 Å². The number of phenols is 2. The number of aromatic nitrogens is 3. The molecule has 0 atom stereocenters. The van der Waals surface area contributed by atoms with Crippen LogP contribution in [-0.2, 0) is 0 Å². The quantitative estimate of drug-likeness (QED) is 0.127. The molecule has 3 heterocycles. The number of hydrogen-bond donors (Lipinski definition) is 8. The second-order valence-corrected chi connectivity index (χ2v) is 9.71. The van der Waals surface area contributed by atoms with Crippen molar-refractivity contribution in [2.75, 3.05) is 46.6 Å². The van der Waals surface area contributed by atoms with Crippen LogP contribution in [0.3, 0.4) is 0 Å². The Balaban J connectivity index is -0.000000623. The molecule has 242 valence electrons. The van der Waals surface area contributed by atoms with Crippen LogP contribution in [-0.4, -0.2) is 57.3 Å². The molecule has 0 unspecified atom stereocenters. The van der Waals surface area contributed by atoms with E-state index in [1.165, 1.54) is 31.0 Å². The van der Waals surface area contributed by atoms with Crippen molar-refractivity contribution in [2.45, 2.75) is 38.5 Å². The normalized spacial score (nSPS) is 14.0. The number of nitrogens with zero attached hydrogens (tertiary/aromatic N) is 5. The molecule has 2 aromatic carbocycles. The van der Waals surface area contributed by atoms with Crippen LogP contribution in [0, 0.1) is 0 Å². The van der Waals surface area contributed by atoms with Gasteiger partial charge in [-0.1, -0.05) is 17.7 Å². The van der Waals surface area contributed by atoms with Crippen LogP contribution in [0.15, 0.2) is 36.4 Å². The number of rotatable bonds is 6. The minimum absolute atomic E-state index is 0. The number of piperidine rings is 2. The van der Waals surface area contributed by atoms with Crippen molar-refractivity contribution in [3.63, 3.8) is 0 Å². The lowest BCUT2D eigenvalue weighted by Crippen LogP contribution is -2.34. The van der Waals surface area contributed by atoms with E-state index in [4.69, 9.17) is 16.6 Å². The van der Waals surface area contributed by atoms with E-state index in [9.17, 15) is 15.0 Å². The fourth-order valence-corrected chi connectivity index (χ4v) is 4.79. The first-order chi connectivity index (χ1) is 18.0. The number of nitrogens with one attached hydrogen (secondary N) is 2. The van der Waals surface area contributed by atoms with Gasteiger partial charge in [-0.15, -0.1) is 12.4 Å². The number of carbonyl (C=O) groups is 1. The molecule has 16 heteroatoms. The Morgan fingerprint density at radius 2 is 1.36 bits per heavy atom. The average molecular weight is 637 g/mol. The summed E-state index contributed by atoms with van der Waals surface area (Å²) < 4.78 is 0. The van der Waals surface area contributed by atoms with E-state index < -0.39 is 5.91 Å². The highest BCUT2D eigenvalue weighted by molar-refractivity contribution is 6.32. The highest BCUT2D eigenvalue weighted by Gasteiger charge is 2.21. The largest absolute Gasteiger partial charge is 0.506 e. The molecular formula is C26H51Cl2N11O3. The molecule has 14 nitrogen and oxygen atoms in total. The Bertz CT molecular complexity index is 1270. The van der Waals surface area contributed by atoms with E-state index in [2.05, 4.69) is 30.4 Å². The SMILES string of the molecule is Cl.N.N.N.N.O=C(Nc1ccc(Nc2nc(N3CCCCC3)nc(N3CCCCC3)n2)cc1O)c1cccc(Cl)c1O.[HH].[HH].[HH].[HH]. The number of carbonyl (C=O) groups excluding carboxylic acids is 1. The lowest BCUT2D eigenvalue weighted by atomic mass is 10.1. The van der Waals surface area contributed by atoms with E-state index in [-0.39, 0.29) is 70.5 Å². The topological polar surface area (TPSA) is 267 Å². The number of hydrogen-bond acceptors (Lipinski definition) is 13. The van der Waals surface area contributed by atoms with Crippen LogP contribution in [0.5, 0.6) is 11.5 Å². The van der Waals surface area contributed by atoms with E-state index in [1.54, 1.807) is 18.2 Å². The van der Waals surface area contributed by atoms with Gasteiger partial charge < -0.3 is 55.2 Å². The fourth-order valence-electron chi connectivity index (χ4n) is 4.61. The summed E-state index contributed by atoms with van der Waals surface area (Å²) in [7, 11) is 0. The van der Waals surface area contributed by atoms with E-state index in [0.717, 1.165) is 51.9 Å². The van der Waals surface area contributed by atoms with E-state index in [1.807, 2.05) is 0 Å². The van der Waals surface area contributed by atoms with Gasteiger partial charge in [0, 0.05) is 43.6 Å². The van der Waals surface area contributed by atoms with Gasteiger partial charge in [0.05, 0.1) is 16.3 Å². The molecule has 0 bridgehead atoms. The highest BCUT2D eigenvalue weighted by atomic mass is 35.5. The molecule has 0 spiro atoms. The molecule has 3 aromatic rings. The van der Waals surface area contributed by atoms with Gasteiger partial charge in [0.15, 0.2) is 0 Å². The lowest BCUT2D eigenvalue weighted by molar-refractivity contribution is 0.102. The zero-order chi connectivity index (χ0) is 25.8. The predicted octanol–water partition coefficient (Wildman–Crippen LogP) is 6.97. The first-order valence-electron chi connectivity index (χ1n) is 12.6. The number of phenolic OH excluding ortho intramolecular Hbond substituents is 2. The Labute approximate surface area is 263 Å². The van der Waals surface area contributed by atoms with Gasteiger partial charge in [0.2, 0.25) is 17.8 Å². The van der Waals surface area contributed by atoms with E-state index in [0.29, 0.717) is 23.5 Å². The second-order valence-electron chi connectivity index (χ2n) is 9.30. The zero-order valence-corrected chi connectivity index (χ0v) is 25.3. The van der Waals surface area contributed by atoms with Crippen molar-refractivity contribution in [2.24, 2.45) is 0 Å². The molecule has 2 saturated heterocycles. The summed E-state index contributed by atoms with van der Waals surface area (Å²) in [5, 5.41) is 26.5. The Morgan fingerprint density at radius 3 is 1.88 bits per heavy atom. The van der Waals surface area contributed by atoms with Crippen LogP contribution in [0.2, 0.25) is 5.02 Å².